The Labute approximate surface area is 119 Å². The number of rotatable bonds is 5. The Balaban J connectivity index is 2.03. The highest BCUT2D eigenvalue weighted by molar-refractivity contribution is 5.75. The maximum Gasteiger partial charge on any atom is 0.310 e. The Morgan fingerprint density at radius 3 is 2.75 bits per heavy atom. The number of carboxylic acids is 1. The van der Waals surface area contributed by atoms with Gasteiger partial charge in [0.15, 0.2) is 0 Å². The van der Waals surface area contributed by atoms with Crippen LogP contribution in [0.4, 0.5) is 4.39 Å². The van der Waals surface area contributed by atoms with Crippen LogP contribution in [0.3, 0.4) is 0 Å². The van der Waals surface area contributed by atoms with E-state index < -0.39 is 11.4 Å². The van der Waals surface area contributed by atoms with E-state index in [1.54, 1.807) is 12.1 Å². The van der Waals surface area contributed by atoms with Gasteiger partial charge in [-0.05, 0) is 44.4 Å². The summed E-state index contributed by atoms with van der Waals surface area (Å²) < 4.78 is 13.7. The number of hydrogen-bond acceptors (Lipinski definition) is 2. The highest BCUT2D eigenvalue weighted by Gasteiger charge is 2.44. The predicted octanol–water partition coefficient (Wildman–Crippen LogP) is 2.94. The summed E-state index contributed by atoms with van der Waals surface area (Å²) in [6.45, 7) is 5.31. The van der Waals surface area contributed by atoms with Gasteiger partial charge in [0.1, 0.15) is 5.82 Å². The predicted molar refractivity (Wildman–Crippen MR) is 76.1 cm³/mol. The highest BCUT2D eigenvalue weighted by atomic mass is 19.1. The van der Waals surface area contributed by atoms with Gasteiger partial charge in [0.2, 0.25) is 0 Å². The first-order valence-corrected chi connectivity index (χ1v) is 7.19. The lowest BCUT2D eigenvalue weighted by atomic mass is 9.84. The summed E-state index contributed by atoms with van der Waals surface area (Å²) in [6, 6.07) is 6.94. The third kappa shape index (κ3) is 2.85. The van der Waals surface area contributed by atoms with Crippen LogP contribution in [-0.2, 0) is 11.2 Å². The van der Waals surface area contributed by atoms with Gasteiger partial charge in [0.05, 0.1) is 5.41 Å². The van der Waals surface area contributed by atoms with E-state index >= 15 is 0 Å². The van der Waals surface area contributed by atoms with E-state index in [4.69, 9.17) is 0 Å². The quantitative estimate of drug-likeness (QED) is 0.901. The van der Waals surface area contributed by atoms with Gasteiger partial charge in [0.25, 0.3) is 0 Å². The lowest BCUT2D eigenvalue weighted by Gasteiger charge is -2.27. The third-order valence-electron chi connectivity index (χ3n) is 4.61. The lowest BCUT2D eigenvalue weighted by molar-refractivity contribution is -0.148. The molecular weight excluding hydrogens is 257 g/mol. The molecule has 0 amide bonds. The average molecular weight is 279 g/mol. The molecule has 0 bridgehead atoms. The molecule has 1 aromatic rings. The zero-order valence-corrected chi connectivity index (χ0v) is 12.1. The molecule has 0 radical (unpaired) electrons. The number of carbonyl (C=O) groups is 1. The van der Waals surface area contributed by atoms with Crippen molar-refractivity contribution in [2.24, 2.45) is 5.41 Å². The zero-order chi connectivity index (χ0) is 14.8. The van der Waals surface area contributed by atoms with Crippen molar-refractivity contribution < 1.29 is 14.3 Å². The van der Waals surface area contributed by atoms with Gasteiger partial charge in [0, 0.05) is 12.6 Å². The molecule has 2 rings (SSSR count). The molecular formula is C16H22FNO2. The molecule has 1 aromatic carbocycles. The van der Waals surface area contributed by atoms with E-state index in [1.807, 2.05) is 19.9 Å². The van der Waals surface area contributed by atoms with Crippen molar-refractivity contribution in [1.29, 1.82) is 0 Å². The summed E-state index contributed by atoms with van der Waals surface area (Å²) in [4.78, 5) is 13.6. The number of nitrogens with zero attached hydrogens (tertiary/aromatic N) is 1. The van der Waals surface area contributed by atoms with Gasteiger partial charge in [-0.1, -0.05) is 25.1 Å². The van der Waals surface area contributed by atoms with Gasteiger partial charge in [-0.2, -0.15) is 0 Å². The Morgan fingerprint density at radius 1 is 1.50 bits per heavy atom. The molecule has 20 heavy (non-hydrogen) atoms. The number of aliphatic carboxylic acids is 1. The fourth-order valence-corrected chi connectivity index (χ4v) is 3.01. The molecule has 1 N–H and O–H groups in total. The van der Waals surface area contributed by atoms with Gasteiger partial charge in [-0.15, -0.1) is 0 Å². The number of likely N-dealkylation sites (tertiary alicyclic amines) is 1. The second-order valence-electron chi connectivity index (χ2n) is 5.80. The summed E-state index contributed by atoms with van der Waals surface area (Å²) in [5.41, 5.74) is 0.0769. The molecule has 1 aliphatic rings. The maximum absolute atomic E-state index is 13.7. The fourth-order valence-electron chi connectivity index (χ4n) is 3.01. The minimum absolute atomic E-state index is 0.152. The van der Waals surface area contributed by atoms with Crippen molar-refractivity contribution in [3.05, 3.63) is 35.6 Å². The largest absolute Gasteiger partial charge is 0.481 e. The van der Waals surface area contributed by atoms with Crippen LogP contribution in [0.1, 0.15) is 32.3 Å². The molecule has 4 heteroatoms. The number of benzene rings is 1. The van der Waals surface area contributed by atoms with Gasteiger partial charge in [-0.3, -0.25) is 9.69 Å². The maximum atomic E-state index is 13.7. The number of hydrogen-bond donors (Lipinski definition) is 1. The summed E-state index contributed by atoms with van der Waals surface area (Å²) in [7, 11) is 0. The molecule has 110 valence electrons. The van der Waals surface area contributed by atoms with Crippen LogP contribution in [0, 0.1) is 11.2 Å². The van der Waals surface area contributed by atoms with E-state index in [0.29, 0.717) is 31.4 Å². The first-order valence-electron chi connectivity index (χ1n) is 7.19. The van der Waals surface area contributed by atoms with E-state index in [2.05, 4.69) is 4.90 Å². The zero-order valence-electron chi connectivity index (χ0n) is 12.1. The fraction of sp³-hybridized carbons (Fsp3) is 0.562. The monoisotopic (exact) mass is 279 g/mol. The van der Waals surface area contributed by atoms with Crippen molar-refractivity contribution in [3.63, 3.8) is 0 Å². The second kappa shape index (κ2) is 5.92. The standard InChI is InChI=1S/C16H22FNO2/c1-3-16(15(19)20)8-9-18(11-16)12(2)10-13-6-4-5-7-14(13)17/h4-7,12H,3,8-11H2,1-2H3,(H,19,20). The summed E-state index contributed by atoms with van der Waals surface area (Å²) >= 11 is 0. The van der Waals surface area contributed by atoms with Crippen LogP contribution in [0.5, 0.6) is 0 Å². The van der Waals surface area contributed by atoms with Crippen LogP contribution in [0.25, 0.3) is 0 Å². The van der Waals surface area contributed by atoms with Crippen molar-refractivity contribution in [2.75, 3.05) is 13.1 Å². The molecule has 3 nitrogen and oxygen atoms in total. The minimum Gasteiger partial charge on any atom is -0.481 e. The SMILES string of the molecule is CCC1(C(=O)O)CCN(C(C)Cc2ccccc2F)C1. The second-order valence-corrected chi connectivity index (χ2v) is 5.80. The van der Waals surface area contributed by atoms with Gasteiger partial charge < -0.3 is 5.11 Å². The van der Waals surface area contributed by atoms with Crippen LogP contribution in [-0.4, -0.2) is 35.1 Å². The van der Waals surface area contributed by atoms with Crippen LogP contribution in [0.15, 0.2) is 24.3 Å². The Morgan fingerprint density at radius 2 is 2.20 bits per heavy atom. The van der Waals surface area contributed by atoms with E-state index in [9.17, 15) is 14.3 Å². The molecule has 1 aliphatic heterocycles. The molecule has 2 atom stereocenters. The molecule has 1 saturated heterocycles. The minimum atomic E-state index is -0.708. The van der Waals surface area contributed by atoms with Gasteiger partial charge >= 0.3 is 5.97 Å². The molecule has 0 spiro atoms. The Bertz CT molecular complexity index is 491. The van der Waals surface area contributed by atoms with Gasteiger partial charge in [-0.25, -0.2) is 4.39 Å². The van der Waals surface area contributed by atoms with E-state index in [1.165, 1.54) is 6.07 Å². The van der Waals surface area contributed by atoms with Crippen molar-refractivity contribution in [2.45, 2.75) is 39.2 Å². The molecule has 0 aromatic heterocycles. The van der Waals surface area contributed by atoms with Crippen LogP contribution in [0.2, 0.25) is 0 Å². The third-order valence-corrected chi connectivity index (χ3v) is 4.61. The molecule has 1 heterocycles. The smallest absolute Gasteiger partial charge is 0.310 e. The molecule has 2 unspecified atom stereocenters. The summed E-state index contributed by atoms with van der Waals surface area (Å²) in [5.74, 6) is -0.890. The van der Waals surface area contributed by atoms with Crippen molar-refractivity contribution in [3.8, 4) is 0 Å². The number of carboxylic acid groups (broad SMARTS) is 1. The summed E-state index contributed by atoms with van der Waals surface area (Å²) in [5, 5.41) is 9.41. The molecule has 0 saturated carbocycles. The first kappa shape index (κ1) is 15.0. The van der Waals surface area contributed by atoms with E-state index in [-0.39, 0.29) is 11.9 Å². The average Bonchev–Trinajstić information content (AvgIpc) is 2.87. The van der Waals surface area contributed by atoms with E-state index in [0.717, 1.165) is 6.54 Å². The topological polar surface area (TPSA) is 40.5 Å². The van der Waals surface area contributed by atoms with Crippen LogP contribution < -0.4 is 0 Å². The normalized spacial score (nSPS) is 24.8. The highest BCUT2D eigenvalue weighted by Crippen LogP contribution is 2.35. The summed E-state index contributed by atoms with van der Waals surface area (Å²) in [6.07, 6.45) is 1.94. The Hall–Kier alpha value is -1.42. The first-order chi connectivity index (χ1) is 9.48. The number of halogens is 1. The molecule has 0 aliphatic carbocycles. The van der Waals surface area contributed by atoms with Crippen molar-refractivity contribution >= 4 is 5.97 Å². The van der Waals surface area contributed by atoms with Crippen molar-refractivity contribution in [1.82, 2.24) is 4.90 Å². The molecule has 1 fully saturated rings. The Kier molecular flexibility index (Phi) is 4.43. The van der Waals surface area contributed by atoms with Crippen LogP contribution >= 0.6 is 0 Å². The lowest BCUT2D eigenvalue weighted by Crippen LogP contribution is -2.38.